The van der Waals surface area contributed by atoms with Gasteiger partial charge >= 0.3 is 0 Å². The second kappa shape index (κ2) is 5.12. The van der Waals surface area contributed by atoms with Crippen LogP contribution in [0.25, 0.3) is 0 Å². The van der Waals surface area contributed by atoms with Gasteiger partial charge in [0.05, 0.1) is 19.0 Å². The van der Waals surface area contributed by atoms with E-state index in [0.717, 1.165) is 0 Å². The van der Waals surface area contributed by atoms with Crippen molar-refractivity contribution in [2.24, 2.45) is 0 Å². The summed E-state index contributed by atoms with van der Waals surface area (Å²) < 4.78 is 5.18. The maximum Gasteiger partial charge on any atom is 0.126 e. The number of nitrogens with zero attached hydrogens (tertiary/aromatic N) is 2. The summed E-state index contributed by atoms with van der Waals surface area (Å²) in [6.45, 7) is 0. The van der Waals surface area contributed by atoms with Gasteiger partial charge in [0, 0.05) is 23.0 Å². The van der Waals surface area contributed by atoms with Crippen LogP contribution in [-0.4, -0.2) is 22.2 Å². The lowest BCUT2D eigenvalue weighted by atomic mass is 10.1. The predicted molar refractivity (Wildman–Crippen MR) is 64.1 cm³/mol. The smallest absolute Gasteiger partial charge is 0.126 e. The first-order chi connectivity index (χ1) is 8.22. The molecule has 0 aliphatic carbocycles. The molecule has 1 aromatic carbocycles. The Bertz CT molecular complexity index is 505. The number of ether oxygens (including phenoxy) is 1. The molecule has 1 heterocycles. The van der Waals surface area contributed by atoms with Gasteiger partial charge in [-0.05, 0) is 18.2 Å². The normalized spacial score (nSPS) is 12.2. The zero-order valence-corrected chi connectivity index (χ0v) is 9.93. The minimum atomic E-state index is -0.905. The summed E-state index contributed by atoms with van der Waals surface area (Å²) >= 11 is 5.90. The zero-order chi connectivity index (χ0) is 12.3. The van der Waals surface area contributed by atoms with Gasteiger partial charge in [-0.1, -0.05) is 11.6 Å². The summed E-state index contributed by atoms with van der Waals surface area (Å²) in [5.74, 6) is 0.563. The Labute approximate surface area is 104 Å². The number of aromatic nitrogens is 2. The van der Waals surface area contributed by atoms with Crippen molar-refractivity contribution in [2.75, 3.05) is 7.11 Å². The molecule has 2 aromatic rings. The number of methoxy groups -OCH3 is 1. The third kappa shape index (κ3) is 2.54. The van der Waals surface area contributed by atoms with Crippen LogP contribution in [0.1, 0.15) is 17.4 Å². The number of halogens is 1. The van der Waals surface area contributed by atoms with E-state index in [1.165, 1.54) is 19.5 Å². The Balaban J connectivity index is 2.43. The third-order valence-electron chi connectivity index (χ3n) is 2.35. The Kier molecular flexibility index (Phi) is 3.56. The fourth-order valence-electron chi connectivity index (χ4n) is 1.53. The Hall–Kier alpha value is -1.65. The second-order valence-electron chi connectivity index (χ2n) is 3.42. The molecular formula is C12H11ClN2O2. The van der Waals surface area contributed by atoms with Gasteiger partial charge in [0.1, 0.15) is 11.9 Å². The van der Waals surface area contributed by atoms with Crippen molar-refractivity contribution in [3.05, 3.63) is 53.1 Å². The molecule has 2 rings (SSSR count). The van der Waals surface area contributed by atoms with E-state index in [4.69, 9.17) is 16.3 Å². The van der Waals surface area contributed by atoms with Gasteiger partial charge < -0.3 is 9.84 Å². The molecular weight excluding hydrogens is 240 g/mol. The maximum atomic E-state index is 10.2. The van der Waals surface area contributed by atoms with E-state index in [-0.39, 0.29) is 0 Å². The number of aliphatic hydroxyl groups is 1. The van der Waals surface area contributed by atoms with Gasteiger partial charge in [0.25, 0.3) is 0 Å². The summed E-state index contributed by atoms with van der Waals surface area (Å²) in [7, 11) is 1.54. The van der Waals surface area contributed by atoms with Gasteiger partial charge in [-0.3, -0.25) is 9.97 Å². The Morgan fingerprint density at radius 3 is 2.82 bits per heavy atom. The van der Waals surface area contributed by atoms with Crippen LogP contribution in [0.5, 0.6) is 5.75 Å². The molecule has 1 atom stereocenters. The largest absolute Gasteiger partial charge is 0.496 e. The van der Waals surface area contributed by atoms with Crippen molar-refractivity contribution < 1.29 is 9.84 Å². The van der Waals surface area contributed by atoms with Crippen LogP contribution in [0, 0.1) is 0 Å². The van der Waals surface area contributed by atoms with E-state index in [1.807, 2.05) is 0 Å². The summed E-state index contributed by atoms with van der Waals surface area (Å²) in [5.41, 5.74) is 1.02. The molecule has 0 bridgehead atoms. The van der Waals surface area contributed by atoms with Crippen molar-refractivity contribution in [1.29, 1.82) is 0 Å². The van der Waals surface area contributed by atoms with E-state index >= 15 is 0 Å². The lowest BCUT2D eigenvalue weighted by Gasteiger charge is -2.14. The van der Waals surface area contributed by atoms with Crippen molar-refractivity contribution in [2.45, 2.75) is 6.10 Å². The number of rotatable bonds is 3. The molecule has 0 saturated carbocycles. The minimum Gasteiger partial charge on any atom is -0.496 e. The molecule has 0 aliphatic heterocycles. The second-order valence-corrected chi connectivity index (χ2v) is 3.86. The summed E-state index contributed by atoms with van der Waals surface area (Å²) in [4.78, 5) is 7.96. The summed E-state index contributed by atoms with van der Waals surface area (Å²) in [6, 6.07) is 5.06. The van der Waals surface area contributed by atoms with Crippen LogP contribution in [-0.2, 0) is 0 Å². The molecule has 1 N–H and O–H groups in total. The fraction of sp³-hybridized carbons (Fsp3) is 0.167. The first kappa shape index (κ1) is 11.8. The fourth-order valence-corrected chi connectivity index (χ4v) is 1.71. The van der Waals surface area contributed by atoms with Crippen LogP contribution in [0.2, 0.25) is 5.02 Å². The highest BCUT2D eigenvalue weighted by Gasteiger charge is 2.17. The van der Waals surface area contributed by atoms with E-state index in [0.29, 0.717) is 22.0 Å². The lowest BCUT2D eigenvalue weighted by molar-refractivity contribution is 0.209. The van der Waals surface area contributed by atoms with Crippen LogP contribution < -0.4 is 4.74 Å². The standard InChI is InChI=1S/C12H11ClN2O2/c1-17-11-3-2-8(13)6-9(11)12(16)10-7-14-4-5-15-10/h2-7,12,16H,1H3. The topological polar surface area (TPSA) is 55.2 Å². The lowest BCUT2D eigenvalue weighted by Crippen LogP contribution is -2.04. The van der Waals surface area contributed by atoms with Gasteiger partial charge in [-0.25, -0.2) is 0 Å². The van der Waals surface area contributed by atoms with E-state index in [1.54, 1.807) is 24.4 Å². The highest BCUT2D eigenvalue weighted by Crippen LogP contribution is 2.30. The van der Waals surface area contributed by atoms with E-state index in [2.05, 4.69) is 9.97 Å². The molecule has 17 heavy (non-hydrogen) atoms. The van der Waals surface area contributed by atoms with E-state index in [9.17, 15) is 5.11 Å². The van der Waals surface area contributed by atoms with E-state index < -0.39 is 6.10 Å². The van der Waals surface area contributed by atoms with Crippen LogP contribution in [0.4, 0.5) is 0 Å². The van der Waals surface area contributed by atoms with Gasteiger partial charge in [0.15, 0.2) is 0 Å². The molecule has 0 saturated heterocycles. The van der Waals surface area contributed by atoms with Gasteiger partial charge in [-0.2, -0.15) is 0 Å². The number of hydrogen-bond donors (Lipinski definition) is 1. The summed E-state index contributed by atoms with van der Waals surface area (Å²) in [6.07, 6.45) is 3.67. The van der Waals surface area contributed by atoms with Crippen molar-refractivity contribution >= 4 is 11.6 Å². The first-order valence-electron chi connectivity index (χ1n) is 5.00. The minimum absolute atomic E-state index is 0.452. The van der Waals surface area contributed by atoms with Crippen LogP contribution >= 0.6 is 11.6 Å². The highest BCUT2D eigenvalue weighted by atomic mass is 35.5. The average molecular weight is 251 g/mol. The molecule has 0 amide bonds. The SMILES string of the molecule is COc1ccc(Cl)cc1C(O)c1cnccn1. The molecule has 0 aliphatic rings. The van der Waals surface area contributed by atoms with Crippen LogP contribution in [0.3, 0.4) is 0 Å². The zero-order valence-electron chi connectivity index (χ0n) is 9.17. The number of hydrogen-bond acceptors (Lipinski definition) is 4. The highest BCUT2D eigenvalue weighted by molar-refractivity contribution is 6.30. The van der Waals surface area contributed by atoms with Crippen molar-refractivity contribution in [3.8, 4) is 5.75 Å². The molecule has 0 spiro atoms. The maximum absolute atomic E-state index is 10.2. The van der Waals surface area contributed by atoms with Crippen LogP contribution in [0.15, 0.2) is 36.8 Å². The average Bonchev–Trinajstić information content (AvgIpc) is 2.39. The van der Waals surface area contributed by atoms with Gasteiger partial charge in [0.2, 0.25) is 0 Å². The monoisotopic (exact) mass is 250 g/mol. The summed E-state index contributed by atoms with van der Waals surface area (Å²) in [5, 5.41) is 10.7. The third-order valence-corrected chi connectivity index (χ3v) is 2.58. The number of benzene rings is 1. The quantitative estimate of drug-likeness (QED) is 0.908. The molecule has 0 fully saturated rings. The molecule has 88 valence electrons. The molecule has 5 heteroatoms. The first-order valence-corrected chi connectivity index (χ1v) is 5.37. The van der Waals surface area contributed by atoms with Gasteiger partial charge in [-0.15, -0.1) is 0 Å². The molecule has 1 unspecified atom stereocenters. The molecule has 0 radical (unpaired) electrons. The Morgan fingerprint density at radius 1 is 1.35 bits per heavy atom. The van der Waals surface area contributed by atoms with Crippen molar-refractivity contribution in [1.82, 2.24) is 9.97 Å². The molecule has 4 nitrogen and oxygen atoms in total. The number of aliphatic hydroxyl groups excluding tert-OH is 1. The Morgan fingerprint density at radius 2 is 2.18 bits per heavy atom. The molecule has 1 aromatic heterocycles. The predicted octanol–water partition coefficient (Wildman–Crippen LogP) is 2.22. The van der Waals surface area contributed by atoms with Crippen molar-refractivity contribution in [3.63, 3.8) is 0 Å².